The monoisotopic (exact) mass is 368 g/mol. The molecule has 27 heavy (non-hydrogen) atoms. The van der Waals surface area contributed by atoms with Crippen LogP contribution >= 0.6 is 0 Å². The van der Waals surface area contributed by atoms with Crippen LogP contribution in [-0.2, 0) is 17.8 Å². The van der Waals surface area contributed by atoms with Gasteiger partial charge in [0.15, 0.2) is 5.76 Å². The first-order chi connectivity index (χ1) is 13.0. The van der Waals surface area contributed by atoms with Gasteiger partial charge in [-0.15, -0.1) is 0 Å². The van der Waals surface area contributed by atoms with E-state index in [-0.39, 0.29) is 23.6 Å². The summed E-state index contributed by atoms with van der Waals surface area (Å²) in [6.45, 7) is 6.79. The third kappa shape index (κ3) is 4.59. The third-order valence-corrected chi connectivity index (χ3v) is 5.11. The van der Waals surface area contributed by atoms with Gasteiger partial charge in [-0.25, -0.2) is 0 Å². The summed E-state index contributed by atoms with van der Waals surface area (Å²) in [6, 6.07) is 10.9. The highest BCUT2D eigenvalue weighted by molar-refractivity contribution is 5.96. The molecule has 2 amide bonds. The van der Waals surface area contributed by atoms with Gasteiger partial charge in [0.05, 0.1) is 6.26 Å². The molecule has 1 aromatic carbocycles. The van der Waals surface area contributed by atoms with E-state index in [1.807, 2.05) is 31.2 Å². The Morgan fingerprint density at radius 3 is 2.52 bits per heavy atom. The number of nitrogens with one attached hydrogen (secondary N) is 1. The SMILES string of the molecule is CC(C)CC[C@@H](C)NC(=O)[C@H]1Cc2ccccc2CN1C(=O)c1ccco1. The molecule has 1 N–H and O–H groups in total. The van der Waals surface area contributed by atoms with Gasteiger partial charge in [0.2, 0.25) is 5.91 Å². The lowest BCUT2D eigenvalue weighted by Gasteiger charge is -2.36. The predicted molar refractivity (Wildman–Crippen MR) is 104 cm³/mol. The molecule has 0 unspecified atom stereocenters. The van der Waals surface area contributed by atoms with Crippen LogP contribution in [0.5, 0.6) is 0 Å². The first-order valence-electron chi connectivity index (χ1n) is 9.67. The minimum absolute atomic E-state index is 0.0811. The van der Waals surface area contributed by atoms with Crippen molar-refractivity contribution in [1.29, 1.82) is 0 Å². The number of carbonyl (C=O) groups is 2. The van der Waals surface area contributed by atoms with Gasteiger partial charge in [0.25, 0.3) is 5.91 Å². The minimum Gasteiger partial charge on any atom is -0.459 e. The molecule has 0 saturated carbocycles. The Morgan fingerprint density at radius 1 is 1.11 bits per heavy atom. The predicted octanol–water partition coefficient (Wildman–Crippen LogP) is 3.79. The zero-order valence-corrected chi connectivity index (χ0v) is 16.3. The Labute approximate surface area is 160 Å². The van der Waals surface area contributed by atoms with Crippen molar-refractivity contribution in [1.82, 2.24) is 10.2 Å². The van der Waals surface area contributed by atoms with Crippen LogP contribution in [0.15, 0.2) is 47.1 Å². The molecule has 1 aliphatic rings. The first kappa shape index (κ1) is 19.2. The highest BCUT2D eigenvalue weighted by Crippen LogP contribution is 2.25. The average Bonchev–Trinajstić information content (AvgIpc) is 3.19. The summed E-state index contributed by atoms with van der Waals surface area (Å²) in [6.07, 6.45) is 3.99. The molecule has 2 aromatic rings. The molecule has 5 nitrogen and oxygen atoms in total. The molecular weight excluding hydrogens is 340 g/mol. The quantitative estimate of drug-likeness (QED) is 0.844. The molecule has 0 spiro atoms. The van der Waals surface area contributed by atoms with E-state index < -0.39 is 6.04 Å². The molecule has 144 valence electrons. The van der Waals surface area contributed by atoms with E-state index in [2.05, 4.69) is 19.2 Å². The van der Waals surface area contributed by atoms with Gasteiger partial charge < -0.3 is 14.6 Å². The maximum atomic E-state index is 13.0. The molecule has 0 radical (unpaired) electrons. The van der Waals surface area contributed by atoms with Crippen molar-refractivity contribution in [3.8, 4) is 0 Å². The second-order valence-electron chi connectivity index (χ2n) is 7.78. The highest BCUT2D eigenvalue weighted by Gasteiger charge is 2.36. The molecule has 1 aromatic heterocycles. The van der Waals surface area contributed by atoms with E-state index in [1.165, 1.54) is 6.26 Å². The van der Waals surface area contributed by atoms with Crippen LogP contribution in [0.2, 0.25) is 0 Å². The Morgan fingerprint density at radius 2 is 1.85 bits per heavy atom. The maximum Gasteiger partial charge on any atom is 0.290 e. The lowest BCUT2D eigenvalue weighted by molar-refractivity contribution is -0.126. The lowest BCUT2D eigenvalue weighted by atomic mass is 9.93. The highest BCUT2D eigenvalue weighted by atomic mass is 16.3. The summed E-state index contributed by atoms with van der Waals surface area (Å²) in [5, 5.41) is 3.10. The van der Waals surface area contributed by atoms with Gasteiger partial charge in [0, 0.05) is 19.0 Å². The van der Waals surface area contributed by atoms with Crippen molar-refractivity contribution >= 4 is 11.8 Å². The summed E-state index contributed by atoms with van der Waals surface area (Å²) >= 11 is 0. The number of rotatable bonds is 6. The topological polar surface area (TPSA) is 62.6 Å². The van der Waals surface area contributed by atoms with Crippen LogP contribution in [0.25, 0.3) is 0 Å². The largest absolute Gasteiger partial charge is 0.459 e. The normalized spacial score (nSPS) is 17.5. The maximum absolute atomic E-state index is 13.0. The first-order valence-corrected chi connectivity index (χ1v) is 9.67. The van der Waals surface area contributed by atoms with Crippen molar-refractivity contribution in [2.24, 2.45) is 5.92 Å². The van der Waals surface area contributed by atoms with Gasteiger partial charge in [0.1, 0.15) is 6.04 Å². The summed E-state index contributed by atoms with van der Waals surface area (Å²) in [4.78, 5) is 27.6. The van der Waals surface area contributed by atoms with Crippen molar-refractivity contribution < 1.29 is 14.0 Å². The van der Waals surface area contributed by atoms with Crippen molar-refractivity contribution in [2.45, 2.75) is 58.7 Å². The van der Waals surface area contributed by atoms with Gasteiger partial charge >= 0.3 is 0 Å². The molecule has 0 bridgehead atoms. The number of hydrogen-bond donors (Lipinski definition) is 1. The van der Waals surface area contributed by atoms with E-state index in [0.717, 1.165) is 24.0 Å². The smallest absolute Gasteiger partial charge is 0.290 e. The fraction of sp³-hybridized carbons (Fsp3) is 0.455. The van der Waals surface area contributed by atoms with Gasteiger partial charge in [-0.1, -0.05) is 38.1 Å². The van der Waals surface area contributed by atoms with Crippen LogP contribution in [0, 0.1) is 5.92 Å². The molecule has 0 fully saturated rings. The van der Waals surface area contributed by atoms with E-state index in [4.69, 9.17) is 4.42 Å². The second kappa shape index (κ2) is 8.42. The number of fused-ring (bicyclic) bond motifs is 1. The average molecular weight is 368 g/mol. The van der Waals surface area contributed by atoms with Crippen molar-refractivity contribution in [3.05, 3.63) is 59.5 Å². The molecule has 0 saturated heterocycles. The van der Waals surface area contributed by atoms with Gasteiger partial charge in [-0.05, 0) is 48.9 Å². The van der Waals surface area contributed by atoms with E-state index in [0.29, 0.717) is 18.9 Å². The molecular formula is C22H28N2O3. The lowest BCUT2D eigenvalue weighted by Crippen LogP contribution is -2.54. The molecule has 3 rings (SSSR count). The Balaban J connectivity index is 1.79. The third-order valence-electron chi connectivity index (χ3n) is 5.11. The van der Waals surface area contributed by atoms with E-state index in [9.17, 15) is 9.59 Å². The van der Waals surface area contributed by atoms with Crippen LogP contribution < -0.4 is 5.32 Å². The molecule has 5 heteroatoms. The number of benzene rings is 1. The molecule has 2 atom stereocenters. The zero-order chi connectivity index (χ0) is 19.4. The second-order valence-corrected chi connectivity index (χ2v) is 7.78. The van der Waals surface area contributed by atoms with Gasteiger partial charge in [-0.3, -0.25) is 9.59 Å². The standard InChI is InChI=1S/C22H28N2O3/c1-15(2)10-11-16(3)23-21(25)19-13-17-7-4-5-8-18(17)14-24(19)22(26)20-9-6-12-27-20/h4-9,12,15-16,19H,10-11,13-14H2,1-3H3,(H,23,25)/t16-,19-/m1/s1. The molecule has 0 aliphatic carbocycles. The molecule has 2 heterocycles. The van der Waals surface area contributed by atoms with Crippen LogP contribution in [0.3, 0.4) is 0 Å². The number of amides is 2. The van der Waals surface area contributed by atoms with Crippen molar-refractivity contribution in [2.75, 3.05) is 0 Å². The number of carbonyl (C=O) groups excluding carboxylic acids is 2. The van der Waals surface area contributed by atoms with Crippen LogP contribution in [0.1, 0.15) is 55.3 Å². The molecule has 1 aliphatic heterocycles. The van der Waals surface area contributed by atoms with Gasteiger partial charge in [-0.2, -0.15) is 0 Å². The number of hydrogen-bond acceptors (Lipinski definition) is 3. The summed E-state index contributed by atoms with van der Waals surface area (Å²) in [5.41, 5.74) is 2.20. The summed E-state index contributed by atoms with van der Waals surface area (Å²) < 4.78 is 5.29. The Bertz CT molecular complexity index is 783. The van der Waals surface area contributed by atoms with Crippen LogP contribution in [0.4, 0.5) is 0 Å². The van der Waals surface area contributed by atoms with E-state index >= 15 is 0 Å². The number of furan rings is 1. The number of nitrogens with zero attached hydrogens (tertiary/aromatic N) is 1. The van der Waals surface area contributed by atoms with E-state index in [1.54, 1.807) is 17.0 Å². The Hall–Kier alpha value is -2.56. The summed E-state index contributed by atoms with van der Waals surface area (Å²) in [7, 11) is 0. The fourth-order valence-electron chi connectivity index (χ4n) is 3.51. The van der Waals surface area contributed by atoms with Crippen LogP contribution in [-0.4, -0.2) is 28.8 Å². The fourth-order valence-corrected chi connectivity index (χ4v) is 3.51. The minimum atomic E-state index is -0.529. The Kier molecular flexibility index (Phi) is 5.99. The zero-order valence-electron chi connectivity index (χ0n) is 16.3. The summed E-state index contributed by atoms with van der Waals surface area (Å²) in [5.74, 6) is 0.521. The van der Waals surface area contributed by atoms with Crippen molar-refractivity contribution in [3.63, 3.8) is 0 Å².